The normalized spacial score (nSPS) is 14.7. The van der Waals surface area contributed by atoms with E-state index in [4.69, 9.17) is 0 Å². The molecule has 5 heteroatoms. The average Bonchev–Trinajstić information content (AvgIpc) is 3.26. The van der Waals surface area contributed by atoms with Gasteiger partial charge >= 0.3 is 0 Å². The van der Waals surface area contributed by atoms with Crippen LogP contribution in [-0.2, 0) is 6.54 Å². The second-order valence-corrected chi connectivity index (χ2v) is 8.36. The number of carbonyl (C=O) groups is 1. The van der Waals surface area contributed by atoms with Crippen LogP contribution in [0.4, 0.5) is 0 Å². The fourth-order valence-electron chi connectivity index (χ4n) is 3.21. The lowest BCUT2D eigenvalue weighted by molar-refractivity contribution is 0.0783. The first-order chi connectivity index (χ1) is 11.2. The highest BCUT2D eigenvalue weighted by molar-refractivity contribution is 9.11. The van der Waals surface area contributed by atoms with E-state index in [-0.39, 0.29) is 5.91 Å². The number of fused-ring (bicyclic) bond motifs is 1. The second kappa shape index (κ2) is 6.13. The van der Waals surface area contributed by atoms with E-state index in [2.05, 4.69) is 38.7 Å². The Morgan fingerprint density at radius 2 is 1.87 bits per heavy atom. The molecule has 0 atom stereocenters. The van der Waals surface area contributed by atoms with E-state index in [0.717, 1.165) is 52.2 Å². The van der Waals surface area contributed by atoms with Crippen LogP contribution in [0.15, 0.2) is 46.3 Å². The van der Waals surface area contributed by atoms with E-state index in [1.807, 2.05) is 29.2 Å². The first-order valence-corrected chi connectivity index (χ1v) is 9.45. The van der Waals surface area contributed by atoms with Crippen molar-refractivity contribution in [2.24, 2.45) is 0 Å². The maximum Gasteiger partial charge on any atom is 0.270 e. The molecule has 3 nitrogen and oxygen atoms in total. The van der Waals surface area contributed by atoms with Crippen LogP contribution in [0.2, 0.25) is 0 Å². The minimum Gasteiger partial charge on any atom is -0.337 e. The Kier molecular flexibility index (Phi) is 3.99. The molecule has 1 aliphatic rings. The second-order valence-electron chi connectivity index (χ2n) is 5.90. The highest BCUT2D eigenvalue weighted by Gasteiger charge is 2.24. The van der Waals surface area contributed by atoms with Crippen molar-refractivity contribution in [2.45, 2.75) is 19.4 Å². The quantitative estimate of drug-likeness (QED) is 0.635. The predicted octanol–water partition coefficient (Wildman–Crippen LogP) is 4.75. The van der Waals surface area contributed by atoms with Gasteiger partial charge in [-0.05, 0) is 46.5 Å². The molecule has 3 aromatic rings. The van der Waals surface area contributed by atoms with Crippen LogP contribution in [0.3, 0.4) is 0 Å². The van der Waals surface area contributed by atoms with Crippen molar-refractivity contribution in [3.8, 4) is 0 Å². The monoisotopic (exact) mass is 388 g/mol. The Hall–Kier alpha value is -1.59. The molecule has 1 fully saturated rings. The third-order valence-electron chi connectivity index (χ3n) is 4.36. The summed E-state index contributed by atoms with van der Waals surface area (Å²) in [7, 11) is 0. The Bertz CT molecular complexity index is 847. The van der Waals surface area contributed by atoms with Crippen LogP contribution in [0.25, 0.3) is 10.2 Å². The van der Waals surface area contributed by atoms with E-state index in [1.165, 1.54) is 5.56 Å². The van der Waals surface area contributed by atoms with Gasteiger partial charge in [-0.25, -0.2) is 0 Å². The van der Waals surface area contributed by atoms with Crippen LogP contribution < -0.4 is 0 Å². The van der Waals surface area contributed by atoms with E-state index < -0.39 is 0 Å². The van der Waals surface area contributed by atoms with Crippen LogP contribution >= 0.6 is 27.3 Å². The Balaban J connectivity index is 1.78. The number of likely N-dealkylation sites (tertiary alicyclic amines) is 1. The van der Waals surface area contributed by atoms with Gasteiger partial charge in [-0.1, -0.05) is 30.3 Å². The van der Waals surface area contributed by atoms with Crippen LogP contribution in [0.1, 0.15) is 28.9 Å². The van der Waals surface area contributed by atoms with E-state index in [0.29, 0.717) is 0 Å². The third-order valence-corrected chi connectivity index (χ3v) is 5.93. The van der Waals surface area contributed by atoms with Crippen molar-refractivity contribution in [3.63, 3.8) is 0 Å². The lowest BCUT2D eigenvalue weighted by Crippen LogP contribution is -2.29. The van der Waals surface area contributed by atoms with Crippen LogP contribution in [0, 0.1) is 0 Å². The number of hydrogen-bond acceptors (Lipinski definition) is 2. The summed E-state index contributed by atoms with van der Waals surface area (Å²) in [4.78, 5) is 14.9. The standard InChI is InChI=1S/C18H17BrN2OS/c19-17-11-14-16(23-17)10-15(18(22)20-8-4-5-9-20)21(14)12-13-6-2-1-3-7-13/h1-3,6-7,10-11H,4-5,8-9,12H2. The number of nitrogens with zero attached hydrogens (tertiary/aromatic N) is 2. The van der Waals surface area contributed by atoms with Gasteiger partial charge < -0.3 is 9.47 Å². The van der Waals surface area contributed by atoms with Crippen LogP contribution in [-0.4, -0.2) is 28.5 Å². The third kappa shape index (κ3) is 2.83. The lowest BCUT2D eigenvalue weighted by Gasteiger charge is -2.17. The topological polar surface area (TPSA) is 25.2 Å². The van der Waals surface area contributed by atoms with Gasteiger partial charge in [0.15, 0.2) is 0 Å². The van der Waals surface area contributed by atoms with E-state index in [9.17, 15) is 4.79 Å². The number of aromatic nitrogens is 1. The van der Waals surface area contributed by atoms with Crippen molar-refractivity contribution >= 4 is 43.4 Å². The molecule has 3 heterocycles. The van der Waals surface area contributed by atoms with Crippen molar-refractivity contribution in [2.75, 3.05) is 13.1 Å². The highest BCUT2D eigenvalue weighted by atomic mass is 79.9. The summed E-state index contributed by atoms with van der Waals surface area (Å²) >= 11 is 5.24. The van der Waals surface area contributed by atoms with Crippen molar-refractivity contribution in [1.29, 1.82) is 0 Å². The summed E-state index contributed by atoms with van der Waals surface area (Å²) in [5, 5.41) is 0. The molecule has 0 N–H and O–H groups in total. The zero-order chi connectivity index (χ0) is 15.8. The molecule has 2 aromatic heterocycles. The number of carbonyl (C=O) groups excluding carboxylic acids is 1. The molecule has 118 valence electrons. The van der Waals surface area contributed by atoms with Gasteiger partial charge in [0.05, 0.1) is 14.0 Å². The molecule has 0 saturated carbocycles. The van der Waals surface area contributed by atoms with Crippen molar-refractivity contribution in [3.05, 3.63) is 57.5 Å². The number of halogens is 1. The minimum absolute atomic E-state index is 0.165. The van der Waals surface area contributed by atoms with Crippen molar-refractivity contribution < 1.29 is 4.79 Å². The molecule has 1 aliphatic heterocycles. The molecule has 1 saturated heterocycles. The summed E-state index contributed by atoms with van der Waals surface area (Å²) in [6, 6.07) is 14.5. The lowest BCUT2D eigenvalue weighted by atomic mass is 10.2. The number of amides is 1. The van der Waals surface area contributed by atoms with Crippen molar-refractivity contribution in [1.82, 2.24) is 9.47 Å². The number of benzene rings is 1. The smallest absolute Gasteiger partial charge is 0.270 e. The van der Waals surface area contributed by atoms with Crippen LogP contribution in [0.5, 0.6) is 0 Å². The summed E-state index contributed by atoms with van der Waals surface area (Å²) in [5.74, 6) is 0.165. The van der Waals surface area contributed by atoms with Gasteiger partial charge in [-0.2, -0.15) is 0 Å². The zero-order valence-electron chi connectivity index (χ0n) is 12.7. The Morgan fingerprint density at radius 1 is 1.13 bits per heavy atom. The maximum atomic E-state index is 12.9. The van der Waals surface area contributed by atoms with Gasteiger partial charge in [-0.3, -0.25) is 4.79 Å². The summed E-state index contributed by atoms with van der Waals surface area (Å²) in [6.07, 6.45) is 2.23. The van der Waals surface area contributed by atoms with Gasteiger partial charge in [0.2, 0.25) is 0 Å². The van der Waals surface area contributed by atoms with Gasteiger partial charge in [-0.15, -0.1) is 11.3 Å². The summed E-state index contributed by atoms with van der Waals surface area (Å²) in [6.45, 7) is 2.49. The fraction of sp³-hybridized carbons (Fsp3) is 0.278. The largest absolute Gasteiger partial charge is 0.337 e. The molecular weight excluding hydrogens is 372 g/mol. The molecular formula is C18H17BrN2OS. The summed E-state index contributed by atoms with van der Waals surface area (Å²) in [5.41, 5.74) is 3.15. The average molecular weight is 389 g/mol. The number of hydrogen-bond donors (Lipinski definition) is 0. The molecule has 0 unspecified atom stereocenters. The molecule has 1 aromatic carbocycles. The highest BCUT2D eigenvalue weighted by Crippen LogP contribution is 2.33. The first-order valence-electron chi connectivity index (χ1n) is 7.84. The molecule has 0 spiro atoms. The molecule has 0 bridgehead atoms. The number of thiophene rings is 1. The van der Waals surface area contributed by atoms with Gasteiger partial charge in [0.1, 0.15) is 5.69 Å². The van der Waals surface area contributed by atoms with Gasteiger partial charge in [0.25, 0.3) is 5.91 Å². The molecule has 4 rings (SSSR count). The SMILES string of the molecule is O=C(c1cc2sc(Br)cc2n1Cc1ccccc1)N1CCCC1. The first kappa shape index (κ1) is 15.0. The molecule has 0 radical (unpaired) electrons. The summed E-state index contributed by atoms with van der Waals surface area (Å²) < 4.78 is 4.42. The predicted molar refractivity (Wildman–Crippen MR) is 98.2 cm³/mol. The molecule has 0 aliphatic carbocycles. The molecule has 1 amide bonds. The van der Waals surface area contributed by atoms with E-state index in [1.54, 1.807) is 11.3 Å². The minimum atomic E-state index is 0.165. The maximum absolute atomic E-state index is 12.9. The van der Waals surface area contributed by atoms with E-state index >= 15 is 0 Å². The van der Waals surface area contributed by atoms with Gasteiger partial charge in [0, 0.05) is 19.6 Å². The Labute approximate surface area is 147 Å². The molecule has 23 heavy (non-hydrogen) atoms. The zero-order valence-corrected chi connectivity index (χ0v) is 15.1. The fourth-order valence-corrected chi connectivity index (χ4v) is 4.77. The number of rotatable bonds is 3. The Morgan fingerprint density at radius 3 is 2.61 bits per heavy atom.